The lowest BCUT2D eigenvalue weighted by Gasteiger charge is -2.15. The van der Waals surface area contributed by atoms with E-state index in [1.165, 1.54) is 11.1 Å². The van der Waals surface area contributed by atoms with E-state index in [0.29, 0.717) is 6.04 Å². The van der Waals surface area contributed by atoms with Gasteiger partial charge in [-0.05, 0) is 55.2 Å². The number of benzene rings is 2. The normalized spacial score (nSPS) is 15.1. The Morgan fingerprint density at radius 2 is 1.97 bits per heavy atom. The van der Waals surface area contributed by atoms with Gasteiger partial charge in [-0.25, -0.2) is 4.98 Å². The van der Waals surface area contributed by atoms with Crippen LogP contribution in [0, 0.1) is 6.92 Å². The summed E-state index contributed by atoms with van der Waals surface area (Å²) in [6.07, 6.45) is 5.93. The van der Waals surface area contributed by atoms with Gasteiger partial charge in [0.15, 0.2) is 0 Å². The lowest BCUT2D eigenvalue weighted by atomic mass is 10.1. The summed E-state index contributed by atoms with van der Waals surface area (Å²) in [6.45, 7) is 1.96. The lowest BCUT2D eigenvalue weighted by Crippen LogP contribution is -2.09. The van der Waals surface area contributed by atoms with Crippen molar-refractivity contribution in [1.29, 1.82) is 0 Å². The molecule has 0 aliphatic heterocycles. The molecule has 1 aliphatic carbocycles. The van der Waals surface area contributed by atoms with Crippen molar-refractivity contribution >= 4 is 5.82 Å². The molecule has 0 bridgehead atoms. The molecule has 0 unspecified atom stereocenters. The third kappa shape index (κ3) is 3.41. The van der Waals surface area contributed by atoms with Crippen molar-refractivity contribution in [3.8, 4) is 22.7 Å². The van der Waals surface area contributed by atoms with Gasteiger partial charge >= 0.3 is 0 Å². The summed E-state index contributed by atoms with van der Waals surface area (Å²) in [5, 5.41) is 12.4. The van der Waals surface area contributed by atoms with Gasteiger partial charge in [-0.3, -0.25) is 0 Å². The molecule has 0 spiro atoms. The van der Waals surface area contributed by atoms with Gasteiger partial charge in [0.1, 0.15) is 11.6 Å². The first kappa shape index (κ1) is 18.4. The maximum Gasteiger partial charge on any atom is 0.149 e. The summed E-state index contributed by atoms with van der Waals surface area (Å²) in [6, 6.07) is 18.9. The van der Waals surface area contributed by atoms with Gasteiger partial charge in [0.05, 0.1) is 36.6 Å². The molecule has 0 saturated carbocycles. The Morgan fingerprint density at radius 3 is 2.73 bits per heavy atom. The van der Waals surface area contributed by atoms with Gasteiger partial charge in [-0.15, -0.1) is 10.2 Å². The number of hydrogen-bond acceptors (Lipinski definition) is 5. The van der Waals surface area contributed by atoms with Crippen LogP contribution in [0.1, 0.15) is 29.3 Å². The number of hydrogen-bond donors (Lipinski definition) is 1. The molecule has 0 amide bonds. The van der Waals surface area contributed by atoms with Gasteiger partial charge < -0.3 is 14.6 Å². The molecule has 1 aliphatic rings. The zero-order chi connectivity index (χ0) is 20.5. The first-order chi connectivity index (χ1) is 14.7. The van der Waals surface area contributed by atoms with E-state index in [2.05, 4.69) is 44.8 Å². The summed E-state index contributed by atoms with van der Waals surface area (Å²) in [5.41, 5.74) is 6.43. The topological polar surface area (TPSA) is 64.9 Å². The number of imidazole rings is 1. The number of anilines is 1. The summed E-state index contributed by atoms with van der Waals surface area (Å²) in [4.78, 5) is 4.29. The van der Waals surface area contributed by atoms with Crippen LogP contribution < -0.4 is 10.1 Å². The van der Waals surface area contributed by atoms with E-state index >= 15 is 0 Å². The van der Waals surface area contributed by atoms with Crippen molar-refractivity contribution < 1.29 is 4.74 Å². The highest BCUT2D eigenvalue weighted by molar-refractivity contribution is 5.65. The number of nitrogens with zero attached hydrogens (tertiary/aromatic N) is 4. The van der Waals surface area contributed by atoms with Crippen molar-refractivity contribution in [2.75, 3.05) is 12.4 Å². The highest BCUT2D eigenvalue weighted by Crippen LogP contribution is 2.33. The van der Waals surface area contributed by atoms with E-state index in [9.17, 15) is 0 Å². The second-order valence-corrected chi connectivity index (χ2v) is 7.55. The minimum Gasteiger partial charge on any atom is -0.495 e. The Bertz CT molecular complexity index is 1180. The highest BCUT2D eigenvalue weighted by atomic mass is 16.5. The molecule has 2 aromatic carbocycles. The minimum atomic E-state index is 0.291. The summed E-state index contributed by atoms with van der Waals surface area (Å²) in [5.74, 6) is 1.55. The third-order valence-corrected chi connectivity index (χ3v) is 5.58. The Hall–Kier alpha value is -3.67. The highest BCUT2D eigenvalue weighted by Gasteiger charge is 2.22. The van der Waals surface area contributed by atoms with E-state index in [0.717, 1.165) is 47.0 Å². The zero-order valence-electron chi connectivity index (χ0n) is 17.0. The van der Waals surface area contributed by atoms with E-state index in [-0.39, 0.29) is 0 Å². The molecule has 6 nitrogen and oxygen atoms in total. The van der Waals surface area contributed by atoms with Crippen LogP contribution in [0.4, 0.5) is 5.82 Å². The van der Waals surface area contributed by atoms with E-state index < -0.39 is 0 Å². The molecule has 0 saturated heterocycles. The molecule has 1 atom stereocenters. The van der Waals surface area contributed by atoms with Crippen molar-refractivity contribution in [1.82, 2.24) is 19.7 Å². The average Bonchev–Trinajstić information content (AvgIpc) is 3.40. The largest absolute Gasteiger partial charge is 0.495 e. The summed E-state index contributed by atoms with van der Waals surface area (Å²) in [7, 11) is 1.67. The molecule has 1 N–H and O–H groups in total. The molecule has 0 fully saturated rings. The summed E-state index contributed by atoms with van der Waals surface area (Å²) >= 11 is 0. The van der Waals surface area contributed by atoms with Gasteiger partial charge in [0.25, 0.3) is 0 Å². The second kappa shape index (κ2) is 7.63. The molecular formula is C24H23N5O. The molecule has 150 valence electrons. The Morgan fingerprint density at radius 1 is 1.07 bits per heavy atom. The maximum atomic E-state index is 5.61. The van der Waals surface area contributed by atoms with Crippen LogP contribution >= 0.6 is 0 Å². The Kier molecular flexibility index (Phi) is 4.67. The van der Waals surface area contributed by atoms with Crippen LogP contribution in [0.2, 0.25) is 0 Å². The molecule has 30 heavy (non-hydrogen) atoms. The minimum absolute atomic E-state index is 0.291. The molecular weight excluding hydrogens is 374 g/mol. The molecule has 5 rings (SSSR count). The molecule has 2 aromatic heterocycles. The number of fused-ring (bicyclic) bond motifs is 1. The number of rotatable bonds is 5. The van der Waals surface area contributed by atoms with E-state index in [1.807, 2.05) is 48.0 Å². The van der Waals surface area contributed by atoms with E-state index in [1.54, 1.807) is 13.4 Å². The SMILES string of the molecule is COc1cc(-c2ccc(N[C@H]3CCc4ccccc43)nn2)ccc1-n1cnc(C)c1. The quantitative estimate of drug-likeness (QED) is 0.527. The average molecular weight is 397 g/mol. The number of aryl methyl sites for hydroxylation is 2. The maximum absolute atomic E-state index is 5.61. The van der Waals surface area contributed by atoms with Crippen LogP contribution in [0.25, 0.3) is 16.9 Å². The lowest BCUT2D eigenvalue weighted by molar-refractivity contribution is 0.413. The summed E-state index contributed by atoms with van der Waals surface area (Å²) < 4.78 is 7.56. The first-order valence-electron chi connectivity index (χ1n) is 10.1. The number of nitrogens with one attached hydrogen (secondary N) is 1. The molecule has 6 heteroatoms. The van der Waals surface area contributed by atoms with Crippen molar-refractivity contribution in [3.05, 3.63) is 83.9 Å². The fourth-order valence-corrected chi connectivity index (χ4v) is 4.05. The van der Waals surface area contributed by atoms with Crippen LogP contribution in [-0.2, 0) is 6.42 Å². The van der Waals surface area contributed by atoms with Crippen LogP contribution in [0.15, 0.2) is 67.1 Å². The zero-order valence-corrected chi connectivity index (χ0v) is 17.0. The first-order valence-corrected chi connectivity index (χ1v) is 10.1. The van der Waals surface area contributed by atoms with Crippen molar-refractivity contribution in [2.45, 2.75) is 25.8 Å². The fraction of sp³-hybridized carbons (Fsp3) is 0.208. The third-order valence-electron chi connectivity index (χ3n) is 5.58. The number of aromatic nitrogens is 4. The monoisotopic (exact) mass is 397 g/mol. The van der Waals surface area contributed by atoms with Crippen molar-refractivity contribution in [3.63, 3.8) is 0 Å². The second-order valence-electron chi connectivity index (χ2n) is 7.55. The van der Waals surface area contributed by atoms with Crippen LogP contribution in [0.3, 0.4) is 0 Å². The standard InChI is InChI=1S/C24H23N5O/c1-16-14-29(15-25-16)22-11-8-18(13-23(22)30-2)20-10-12-24(28-27-20)26-21-9-7-17-5-3-4-6-19(17)21/h3-6,8,10-15,21H,7,9H2,1-2H3,(H,26,28)/t21-/m0/s1. The molecule has 0 radical (unpaired) electrons. The van der Waals surface area contributed by atoms with Crippen LogP contribution in [-0.4, -0.2) is 26.9 Å². The van der Waals surface area contributed by atoms with Gasteiger partial charge in [0.2, 0.25) is 0 Å². The van der Waals surface area contributed by atoms with Crippen molar-refractivity contribution in [2.24, 2.45) is 0 Å². The van der Waals surface area contributed by atoms with Gasteiger partial charge in [-0.1, -0.05) is 30.3 Å². The fourth-order valence-electron chi connectivity index (χ4n) is 4.05. The molecule has 4 aromatic rings. The van der Waals surface area contributed by atoms with E-state index in [4.69, 9.17) is 4.74 Å². The predicted molar refractivity (Wildman–Crippen MR) is 117 cm³/mol. The number of methoxy groups -OCH3 is 1. The number of ether oxygens (including phenoxy) is 1. The predicted octanol–water partition coefficient (Wildman–Crippen LogP) is 4.75. The van der Waals surface area contributed by atoms with Crippen LogP contribution in [0.5, 0.6) is 5.75 Å². The Labute approximate surface area is 175 Å². The molecule has 2 heterocycles. The van der Waals surface area contributed by atoms with Gasteiger partial charge in [-0.2, -0.15) is 0 Å². The smallest absolute Gasteiger partial charge is 0.149 e. The Balaban J connectivity index is 1.37. The van der Waals surface area contributed by atoms with Gasteiger partial charge in [0, 0.05) is 11.8 Å².